The summed E-state index contributed by atoms with van der Waals surface area (Å²) in [5.74, 6) is 0. The Morgan fingerprint density at radius 3 is 0.814 bits per heavy atom. The van der Waals surface area contributed by atoms with Crippen molar-refractivity contribution in [1.82, 2.24) is 0 Å². The Bertz CT molecular complexity index is 562. The first-order chi connectivity index (χ1) is 20.5. The summed E-state index contributed by atoms with van der Waals surface area (Å²) in [7, 11) is -4.92. The molecule has 0 N–H and O–H groups in total. The van der Waals surface area contributed by atoms with Gasteiger partial charge in [0.05, 0.1) is 0 Å². The first-order valence-electron chi connectivity index (χ1n) is 18.2. The molecule has 0 heterocycles. The molecule has 0 aliphatic heterocycles. The molecule has 0 bridgehead atoms. The zero-order valence-electron chi connectivity index (χ0n) is 28.5. The van der Waals surface area contributed by atoms with Gasteiger partial charge in [0.25, 0.3) is 0 Å². The normalized spacial score (nSPS) is 12.7. The summed E-state index contributed by atoms with van der Waals surface area (Å²) in [6, 6.07) is 0. The molecule has 0 amide bonds. The van der Waals surface area contributed by atoms with E-state index in [-0.39, 0.29) is 16.5 Å². The summed E-state index contributed by atoms with van der Waals surface area (Å²) in [4.78, 5) is 20.8. The molecule has 0 aromatic heterocycles. The van der Waals surface area contributed by atoms with Crippen LogP contribution in [0.5, 0.6) is 0 Å². The zero-order valence-corrected chi connectivity index (χ0v) is 31.5. The fourth-order valence-electron chi connectivity index (χ4n) is 5.03. The van der Waals surface area contributed by atoms with Gasteiger partial charge in [-0.3, -0.25) is 0 Å². The minimum absolute atomic E-state index is 0. The van der Waals surface area contributed by atoms with Gasteiger partial charge in [0, 0.05) is 16.1 Å². The van der Waals surface area contributed by atoms with Crippen LogP contribution < -0.4 is 9.79 Å². The predicted octanol–water partition coefficient (Wildman–Crippen LogP) is 11.7. The minimum atomic E-state index is -2.46. The molecule has 0 aliphatic rings. The third-order valence-corrected chi connectivity index (χ3v) is 9.31. The van der Waals surface area contributed by atoms with Gasteiger partial charge in [-0.2, -0.15) is 0 Å². The summed E-state index contributed by atoms with van der Waals surface area (Å²) in [6.07, 6.45) is 45.6. The van der Waals surface area contributed by atoms with Crippen molar-refractivity contribution in [3.63, 3.8) is 0 Å². The van der Waals surface area contributed by atoms with Gasteiger partial charge in [0.15, 0.2) is 0 Å². The van der Waals surface area contributed by atoms with Crippen molar-refractivity contribution in [1.29, 1.82) is 0 Å². The molecule has 0 aromatic carbocycles. The molecule has 0 aliphatic carbocycles. The molecule has 43 heavy (non-hydrogen) atoms. The molecule has 7 heteroatoms. The molecule has 0 radical (unpaired) electrons. The van der Waals surface area contributed by atoms with Crippen LogP contribution in [0.3, 0.4) is 0 Å². The van der Waals surface area contributed by atoms with E-state index in [0.29, 0.717) is 12.3 Å². The Labute approximate surface area is 280 Å². The van der Waals surface area contributed by atoms with E-state index in [1.54, 1.807) is 0 Å². The van der Waals surface area contributed by atoms with E-state index in [4.69, 9.17) is 0 Å². The Balaban J connectivity index is -0.000000727. The van der Waals surface area contributed by atoms with Crippen LogP contribution in [0.4, 0.5) is 0 Å². The van der Waals surface area contributed by atoms with Crippen LogP contribution in [0, 0.1) is 0 Å². The van der Waals surface area contributed by atoms with E-state index in [1.807, 2.05) is 0 Å². The van der Waals surface area contributed by atoms with Gasteiger partial charge in [0.1, 0.15) is 0 Å². The third kappa shape index (κ3) is 52.2. The van der Waals surface area contributed by atoms with Crippen molar-refractivity contribution >= 4 is 16.1 Å². The Kier molecular flexibility index (Phi) is 49.4. The van der Waals surface area contributed by atoms with Crippen LogP contribution >= 0.6 is 16.1 Å². The van der Waals surface area contributed by atoms with Gasteiger partial charge < -0.3 is 18.9 Å². The van der Waals surface area contributed by atoms with Crippen molar-refractivity contribution in [2.45, 2.75) is 194 Å². The number of hydrogen-bond acceptors (Lipinski definition) is 4. The van der Waals surface area contributed by atoms with Gasteiger partial charge in [-0.15, -0.1) is 0 Å². The average molecular weight is 690 g/mol. The zero-order chi connectivity index (χ0) is 31.2. The molecular weight excluding hydrogens is 617 g/mol. The number of rotatable bonds is 32. The molecular formula is C36H72NiO4P2. The molecule has 0 saturated heterocycles. The van der Waals surface area contributed by atoms with E-state index >= 15 is 0 Å². The molecule has 2 atom stereocenters. The molecule has 0 saturated carbocycles. The smallest absolute Gasteiger partial charge is 0.802 e. The van der Waals surface area contributed by atoms with Gasteiger partial charge in [-0.25, -0.2) is 0 Å². The van der Waals surface area contributed by atoms with Crippen LogP contribution in [0.25, 0.3) is 0 Å². The van der Waals surface area contributed by atoms with Crippen molar-refractivity contribution < 1.29 is 35.4 Å². The SMILES string of the molecule is CCCCCCCC/C=C\CCCCCCCC[PH](=O)[O-].CCCCCCCC/C=C\CCCCCCCC[PH](=O)[O-].[Ni+2]. The summed E-state index contributed by atoms with van der Waals surface area (Å²) < 4.78 is 20.8. The van der Waals surface area contributed by atoms with Crippen molar-refractivity contribution in [2.24, 2.45) is 0 Å². The van der Waals surface area contributed by atoms with Gasteiger partial charge in [-0.05, 0) is 76.5 Å². The first-order valence-corrected chi connectivity index (χ1v) is 21.3. The van der Waals surface area contributed by atoms with Crippen LogP contribution in [-0.2, 0) is 25.6 Å². The molecule has 0 fully saturated rings. The van der Waals surface area contributed by atoms with E-state index in [2.05, 4.69) is 38.2 Å². The molecule has 260 valence electrons. The van der Waals surface area contributed by atoms with Crippen molar-refractivity contribution in [3.8, 4) is 0 Å². The van der Waals surface area contributed by atoms with Crippen LogP contribution in [0.1, 0.15) is 194 Å². The van der Waals surface area contributed by atoms with Gasteiger partial charge in [0.2, 0.25) is 0 Å². The second-order valence-corrected chi connectivity index (χ2v) is 14.6. The summed E-state index contributed by atoms with van der Waals surface area (Å²) in [6.45, 7) is 4.52. The first kappa shape index (κ1) is 47.8. The molecule has 0 spiro atoms. The fraction of sp³-hybridized carbons (Fsp3) is 0.889. The average Bonchev–Trinajstić information content (AvgIpc) is 2.97. The second kappa shape index (κ2) is 44.5. The predicted molar refractivity (Wildman–Crippen MR) is 187 cm³/mol. The van der Waals surface area contributed by atoms with Crippen LogP contribution in [0.15, 0.2) is 24.3 Å². The number of unbranched alkanes of at least 4 members (excludes halogenated alkanes) is 24. The number of allylic oxidation sites excluding steroid dienone is 4. The van der Waals surface area contributed by atoms with E-state index < -0.39 is 16.1 Å². The number of hydrogen-bond donors (Lipinski definition) is 0. The standard InChI is InChI=1S/2C18H37O2P.Ni/c2*1-2-3-4-5-6-7-8-9-10-11-12-13-14-15-16-17-18-21(19)20;/h2*9-10,21H,2-8,11-18H2,1H3,(H,19,20);/q;;+2/p-2/b2*10-9-;. The van der Waals surface area contributed by atoms with Crippen LogP contribution in [0.2, 0.25) is 0 Å². The van der Waals surface area contributed by atoms with E-state index in [0.717, 1.165) is 25.7 Å². The fourth-order valence-corrected chi connectivity index (χ4v) is 6.11. The topological polar surface area (TPSA) is 80.3 Å². The molecule has 0 rings (SSSR count). The Morgan fingerprint density at radius 2 is 0.581 bits per heavy atom. The van der Waals surface area contributed by atoms with Crippen LogP contribution in [-0.4, -0.2) is 12.3 Å². The maximum Gasteiger partial charge on any atom is 2.00 e. The monoisotopic (exact) mass is 688 g/mol. The Hall–Kier alpha value is 0.354. The summed E-state index contributed by atoms with van der Waals surface area (Å²) in [5.41, 5.74) is 0. The van der Waals surface area contributed by atoms with Crippen molar-refractivity contribution in [2.75, 3.05) is 12.3 Å². The molecule has 4 nitrogen and oxygen atoms in total. The third-order valence-electron chi connectivity index (χ3n) is 7.79. The van der Waals surface area contributed by atoms with E-state index in [1.165, 1.54) is 154 Å². The molecule has 2 unspecified atom stereocenters. The molecule has 0 aromatic rings. The maximum atomic E-state index is 10.4. The Morgan fingerprint density at radius 1 is 0.372 bits per heavy atom. The quantitative estimate of drug-likeness (QED) is 0.0305. The largest absolute Gasteiger partial charge is 2.00 e. The van der Waals surface area contributed by atoms with Gasteiger partial charge in [-0.1, -0.05) is 154 Å². The summed E-state index contributed by atoms with van der Waals surface area (Å²) >= 11 is 0. The van der Waals surface area contributed by atoms with E-state index in [9.17, 15) is 18.9 Å². The van der Waals surface area contributed by atoms with Crippen molar-refractivity contribution in [3.05, 3.63) is 24.3 Å². The maximum absolute atomic E-state index is 10.4. The second-order valence-electron chi connectivity index (χ2n) is 12.1. The summed E-state index contributed by atoms with van der Waals surface area (Å²) in [5, 5.41) is 0. The minimum Gasteiger partial charge on any atom is -0.802 e. The van der Waals surface area contributed by atoms with Gasteiger partial charge >= 0.3 is 16.5 Å².